The number of thioether (sulfide) groups is 1. The summed E-state index contributed by atoms with van der Waals surface area (Å²) in [6, 6.07) is 0. The molecule has 0 unspecified atom stereocenters. The van der Waals surface area contributed by atoms with E-state index in [9.17, 15) is 0 Å². The molecule has 0 heterocycles. The molecule has 4 heteroatoms. The van der Waals surface area contributed by atoms with Crippen LogP contribution in [0.15, 0.2) is 4.99 Å². The second kappa shape index (κ2) is 11.3. The van der Waals surface area contributed by atoms with Crippen molar-refractivity contribution in [2.24, 2.45) is 4.99 Å². The van der Waals surface area contributed by atoms with E-state index in [1.165, 1.54) is 12.2 Å². The first kappa shape index (κ1) is 14.2. The Bertz CT molecular complexity index is 208. The van der Waals surface area contributed by atoms with Crippen LogP contribution in [0.3, 0.4) is 0 Å². The lowest BCUT2D eigenvalue weighted by atomic mass is 10.3. The number of aliphatic imine (C=N–C) groups is 1. The number of nitrogens with zero attached hydrogens (tertiary/aromatic N) is 1. The minimum Gasteiger partial charge on any atom is -0.357 e. The van der Waals surface area contributed by atoms with E-state index in [1.807, 2.05) is 18.7 Å². The summed E-state index contributed by atoms with van der Waals surface area (Å²) in [4.78, 5) is 4.41. The van der Waals surface area contributed by atoms with Crippen molar-refractivity contribution >= 4 is 17.7 Å². The van der Waals surface area contributed by atoms with Crippen LogP contribution < -0.4 is 10.6 Å². The van der Waals surface area contributed by atoms with Gasteiger partial charge < -0.3 is 10.6 Å². The second-order valence-corrected chi connectivity index (χ2v) is 4.00. The molecule has 0 aromatic rings. The summed E-state index contributed by atoms with van der Waals surface area (Å²) in [5, 5.41) is 6.21. The van der Waals surface area contributed by atoms with Crippen molar-refractivity contribution in [2.45, 2.75) is 19.8 Å². The van der Waals surface area contributed by atoms with Crippen LogP contribution in [0.4, 0.5) is 0 Å². The number of rotatable bonds is 7. The molecule has 15 heavy (non-hydrogen) atoms. The number of guanidine groups is 1. The van der Waals surface area contributed by atoms with Gasteiger partial charge in [-0.15, -0.1) is 6.42 Å². The molecule has 0 rings (SSSR count). The lowest BCUT2D eigenvalue weighted by Crippen LogP contribution is -2.37. The first-order valence-electron chi connectivity index (χ1n) is 5.29. The molecule has 0 aromatic heterocycles. The Kier molecular flexibility index (Phi) is 10.6. The average Bonchev–Trinajstić information content (AvgIpc) is 2.25. The molecule has 3 nitrogen and oxygen atoms in total. The summed E-state index contributed by atoms with van der Waals surface area (Å²) in [5.74, 6) is 4.56. The molecule has 0 radical (unpaired) electrons. The summed E-state index contributed by atoms with van der Waals surface area (Å²) in [6.07, 6.45) is 9.65. The first-order valence-corrected chi connectivity index (χ1v) is 6.69. The molecular weight excluding hydrogens is 206 g/mol. The molecule has 0 aliphatic heterocycles. The standard InChI is InChI=1S/C11H21N3S/c1-4-8-13-11(12-5-2)14-9-6-7-10-15-3/h1H,5-10H2,2-3H3,(H2,12,13,14). The summed E-state index contributed by atoms with van der Waals surface area (Å²) in [5.41, 5.74) is 0. The average molecular weight is 227 g/mol. The highest BCUT2D eigenvalue weighted by molar-refractivity contribution is 7.98. The Hall–Kier alpha value is -0.820. The first-order chi connectivity index (χ1) is 7.35. The molecule has 0 saturated carbocycles. The van der Waals surface area contributed by atoms with Gasteiger partial charge in [0, 0.05) is 13.1 Å². The Labute approximate surface area is 97.5 Å². The fourth-order valence-corrected chi connectivity index (χ4v) is 1.52. The van der Waals surface area contributed by atoms with Crippen molar-refractivity contribution in [3.05, 3.63) is 0 Å². The van der Waals surface area contributed by atoms with E-state index in [4.69, 9.17) is 6.42 Å². The van der Waals surface area contributed by atoms with Gasteiger partial charge >= 0.3 is 0 Å². The molecule has 0 fully saturated rings. The molecule has 0 saturated heterocycles. The van der Waals surface area contributed by atoms with Gasteiger partial charge in [0.05, 0.1) is 6.54 Å². The fraction of sp³-hybridized carbons (Fsp3) is 0.727. The summed E-state index contributed by atoms with van der Waals surface area (Å²) >= 11 is 1.88. The zero-order valence-electron chi connectivity index (χ0n) is 9.68. The quantitative estimate of drug-likeness (QED) is 0.298. The van der Waals surface area contributed by atoms with Crippen molar-refractivity contribution < 1.29 is 0 Å². The van der Waals surface area contributed by atoms with Crippen LogP contribution in [0, 0.1) is 12.3 Å². The Morgan fingerprint density at radius 3 is 2.80 bits per heavy atom. The van der Waals surface area contributed by atoms with Crippen LogP contribution in [0.1, 0.15) is 19.8 Å². The molecule has 86 valence electrons. The van der Waals surface area contributed by atoms with Gasteiger partial charge in [-0.1, -0.05) is 5.92 Å². The maximum Gasteiger partial charge on any atom is 0.192 e. The SMILES string of the molecule is C#CCNC(=NCCCCSC)NCC. The number of hydrogen-bond acceptors (Lipinski definition) is 2. The van der Waals surface area contributed by atoms with E-state index in [-0.39, 0.29) is 0 Å². The zero-order valence-corrected chi connectivity index (χ0v) is 10.5. The Morgan fingerprint density at radius 2 is 2.20 bits per heavy atom. The monoisotopic (exact) mass is 227 g/mol. The molecule has 0 atom stereocenters. The van der Waals surface area contributed by atoms with Crippen LogP contribution in [0.25, 0.3) is 0 Å². The van der Waals surface area contributed by atoms with Crippen LogP contribution in [0.2, 0.25) is 0 Å². The lowest BCUT2D eigenvalue weighted by Gasteiger charge is -2.08. The minimum absolute atomic E-state index is 0.524. The van der Waals surface area contributed by atoms with Crippen LogP contribution in [-0.4, -0.2) is 37.6 Å². The molecule has 0 aliphatic rings. The fourth-order valence-electron chi connectivity index (χ4n) is 1.03. The predicted molar refractivity (Wildman–Crippen MR) is 70.4 cm³/mol. The topological polar surface area (TPSA) is 36.4 Å². The molecule has 0 amide bonds. The van der Waals surface area contributed by atoms with Crippen molar-refractivity contribution in [3.8, 4) is 12.3 Å². The largest absolute Gasteiger partial charge is 0.357 e. The highest BCUT2D eigenvalue weighted by Gasteiger charge is 1.93. The lowest BCUT2D eigenvalue weighted by molar-refractivity contribution is 0.792. The zero-order chi connectivity index (χ0) is 11.4. The maximum atomic E-state index is 5.17. The van der Waals surface area contributed by atoms with Gasteiger partial charge in [0.2, 0.25) is 0 Å². The van der Waals surface area contributed by atoms with Gasteiger partial charge in [-0.3, -0.25) is 4.99 Å². The molecular formula is C11H21N3S. The van der Waals surface area contributed by atoms with E-state index in [1.54, 1.807) is 0 Å². The van der Waals surface area contributed by atoms with Gasteiger partial charge in [-0.05, 0) is 31.8 Å². The van der Waals surface area contributed by atoms with Crippen LogP contribution in [0.5, 0.6) is 0 Å². The van der Waals surface area contributed by atoms with Crippen molar-refractivity contribution in [2.75, 3.05) is 31.6 Å². The summed E-state index contributed by atoms with van der Waals surface area (Å²) in [7, 11) is 0. The third-order valence-electron chi connectivity index (χ3n) is 1.73. The molecule has 0 spiro atoms. The van der Waals surface area contributed by atoms with Gasteiger partial charge in [-0.25, -0.2) is 0 Å². The Balaban J connectivity index is 3.69. The number of hydrogen-bond donors (Lipinski definition) is 2. The maximum absolute atomic E-state index is 5.17. The smallest absolute Gasteiger partial charge is 0.192 e. The molecule has 2 N–H and O–H groups in total. The molecule has 0 aromatic carbocycles. The van der Waals surface area contributed by atoms with Crippen molar-refractivity contribution in [3.63, 3.8) is 0 Å². The highest BCUT2D eigenvalue weighted by Crippen LogP contribution is 1.98. The third-order valence-corrected chi connectivity index (χ3v) is 2.43. The number of terminal acetylenes is 1. The highest BCUT2D eigenvalue weighted by atomic mass is 32.2. The predicted octanol–water partition coefficient (Wildman–Crippen LogP) is 1.32. The van der Waals surface area contributed by atoms with E-state index < -0.39 is 0 Å². The number of nitrogens with one attached hydrogen (secondary N) is 2. The molecule has 0 aliphatic carbocycles. The van der Waals surface area contributed by atoms with E-state index in [2.05, 4.69) is 27.8 Å². The van der Waals surface area contributed by atoms with Crippen molar-refractivity contribution in [1.82, 2.24) is 10.6 Å². The van der Waals surface area contributed by atoms with E-state index in [0.717, 1.165) is 25.5 Å². The molecule has 0 bridgehead atoms. The van der Waals surface area contributed by atoms with Gasteiger partial charge in [0.1, 0.15) is 0 Å². The van der Waals surface area contributed by atoms with E-state index in [0.29, 0.717) is 6.54 Å². The third kappa shape index (κ3) is 9.48. The second-order valence-electron chi connectivity index (χ2n) is 3.02. The van der Waals surface area contributed by atoms with Gasteiger partial charge in [0.25, 0.3) is 0 Å². The summed E-state index contributed by atoms with van der Waals surface area (Å²) in [6.45, 7) is 4.29. The van der Waals surface area contributed by atoms with Gasteiger partial charge in [0.15, 0.2) is 5.96 Å². The van der Waals surface area contributed by atoms with Crippen molar-refractivity contribution in [1.29, 1.82) is 0 Å². The van der Waals surface area contributed by atoms with E-state index >= 15 is 0 Å². The Morgan fingerprint density at radius 1 is 1.40 bits per heavy atom. The number of unbranched alkanes of at least 4 members (excludes halogenated alkanes) is 1. The van der Waals surface area contributed by atoms with Gasteiger partial charge in [-0.2, -0.15) is 11.8 Å². The van der Waals surface area contributed by atoms with Crippen LogP contribution >= 0.6 is 11.8 Å². The summed E-state index contributed by atoms with van der Waals surface area (Å²) < 4.78 is 0. The van der Waals surface area contributed by atoms with Crippen LogP contribution in [-0.2, 0) is 0 Å². The normalized spacial score (nSPS) is 10.9. The minimum atomic E-state index is 0.524.